The van der Waals surface area contributed by atoms with Crippen molar-refractivity contribution in [1.82, 2.24) is 30.2 Å². The highest BCUT2D eigenvalue weighted by atomic mass is 127. The molecule has 0 saturated carbocycles. The van der Waals surface area contributed by atoms with Crippen LogP contribution in [0.5, 0.6) is 23.1 Å². The van der Waals surface area contributed by atoms with E-state index in [1.54, 1.807) is 10.9 Å². The Labute approximate surface area is 354 Å². The maximum atomic E-state index is 13.1. The summed E-state index contributed by atoms with van der Waals surface area (Å²) in [7, 11) is 0. The van der Waals surface area contributed by atoms with Crippen molar-refractivity contribution in [1.29, 1.82) is 0 Å². The number of nitrogens with one attached hydrogen (secondary N) is 1. The SMILES string of the molecule is CC(C)(C)OC(=O)NCCc1ccc(Oc2ccc(OCCCCN3CCC(n4cc([C@H]5OC[C@H](Oc6cccc(C(F)(F)F)n6)[C@@H](O)[C@H]5O)nn4)CC3)cc2)c(I)c1. The van der Waals surface area contributed by atoms with E-state index in [9.17, 15) is 28.2 Å². The Morgan fingerprint density at radius 3 is 2.46 bits per heavy atom. The second kappa shape index (κ2) is 19.9. The van der Waals surface area contributed by atoms with Gasteiger partial charge in [0.25, 0.3) is 0 Å². The molecule has 2 aliphatic rings. The lowest BCUT2D eigenvalue weighted by atomic mass is 9.98. The molecule has 4 atom stereocenters. The first-order chi connectivity index (χ1) is 28.1. The summed E-state index contributed by atoms with van der Waals surface area (Å²) in [5.41, 5.74) is -0.233. The van der Waals surface area contributed by atoms with Gasteiger partial charge in [0.15, 0.2) is 6.10 Å². The van der Waals surface area contributed by atoms with Gasteiger partial charge in [0.2, 0.25) is 5.88 Å². The van der Waals surface area contributed by atoms with Gasteiger partial charge in [-0.25, -0.2) is 14.5 Å². The van der Waals surface area contributed by atoms with Gasteiger partial charge in [-0.15, -0.1) is 5.10 Å². The normalized spacial score (nSPS) is 20.6. The molecule has 1 amide bonds. The van der Waals surface area contributed by atoms with E-state index in [2.05, 4.69) is 48.1 Å². The number of alkyl halides is 3. The van der Waals surface area contributed by atoms with Crippen LogP contribution in [0, 0.1) is 3.57 Å². The minimum Gasteiger partial charge on any atom is -0.494 e. The van der Waals surface area contributed by atoms with Gasteiger partial charge >= 0.3 is 12.3 Å². The number of hydrogen-bond acceptors (Lipinski definition) is 12. The molecule has 4 heterocycles. The quantitative estimate of drug-likeness (QED) is 0.0838. The number of rotatable bonds is 15. The van der Waals surface area contributed by atoms with Gasteiger partial charge in [0.1, 0.15) is 52.5 Å². The Bertz CT molecular complexity index is 1970. The second-order valence-electron chi connectivity index (χ2n) is 15.5. The zero-order chi connectivity index (χ0) is 42.2. The number of unbranched alkanes of at least 4 members (excludes halogenated alkanes) is 1. The lowest BCUT2D eigenvalue weighted by Gasteiger charge is -2.36. The zero-order valence-corrected chi connectivity index (χ0v) is 35.3. The van der Waals surface area contributed by atoms with Crippen LogP contribution in [0.1, 0.15) is 75.6 Å². The number of aromatic nitrogens is 4. The van der Waals surface area contributed by atoms with Crippen LogP contribution in [0.2, 0.25) is 0 Å². The number of pyridine rings is 1. The molecule has 4 aromatic rings. The predicted molar refractivity (Wildman–Crippen MR) is 217 cm³/mol. The van der Waals surface area contributed by atoms with Crippen molar-refractivity contribution in [3.8, 4) is 23.1 Å². The summed E-state index contributed by atoms with van der Waals surface area (Å²) in [4.78, 5) is 17.8. The largest absolute Gasteiger partial charge is 0.494 e. The summed E-state index contributed by atoms with van der Waals surface area (Å²) >= 11 is 2.25. The summed E-state index contributed by atoms with van der Waals surface area (Å²) in [6, 6.07) is 16.8. The van der Waals surface area contributed by atoms with E-state index in [-0.39, 0.29) is 18.5 Å². The second-order valence-corrected chi connectivity index (χ2v) is 16.7. The molecule has 2 aliphatic heterocycles. The number of amides is 1. The molecule has 3 N–H and O–H groups in total. The number of piperidine rings is 1. The Kier molecular flexibility index (Phi) is 14.9. The number of hydrogen-bond donors (Lipinski definition) is 3. The maximum Gasteiger partial charge on any atom is 0.433 e. The maximum absolute atomic E-state index is 13.1. The fraction of sp³-hybridized carbons (Fsp3) is 0.512. The van der Waals surface area contributed by atoms with E-state index in [4.69, 9.17) is 23.7 Å². The summed E-state index contributed by atoms with van der Waals surface area (Å²) < 4.78 is 70.5. The van der Waals surface area contributed by atoms with Crippen molar-refractivity contribution in [3.05, 3.63) is 87.4 Å². The molecule has 320 valence electrons. The topological polar surface area (TPSA) is 163 Å². The van der Waals surface area contributed by atoms with Crippen LogP contribution in [-0.2, 0) is 22.1 Å². The third-order valence-corrected chi connectivity index (χ3v) is 10.6. The molecular formula is C41H50F3IN6O8. The molecular weight excluding hydrogens is 888 g/mol. The van der Waals surface area contributed by atoms with E-state index >= 15 is 0 Å². The average molecular weight is 939 g/mol. The van der Waals surface area contributed by atoms with Crippen molar-refractivity contribution >= 4 is 28.7 Å². The van der Waals surface area contributed by atoms with Crippen LogP contribution < -0.4 is 19.5 Å². The summed E-state index contributed by atoms with van der Waals surface area (Å²) in [5.74, 6) is 1.89. The zero-order valence-electron chi connectivity index (χ0n) is 33.1. The highest BCUT2D eigenvalue weighted by Gasteiger charge is 2.42. The Morgan fingerprint density at radius 2 is 1.75 bits per heavy atom. The van der Waals surface area contributed by atoms with E-state index in [0.717, 1.165) is 78.1 Å². The molecule has 0 radical (unpaired) electrons. The number of benzene rings is 2. The summed E-state index contributed by atoms with van der Waals surface area (Å²) in [6.45, 7) is 9.09. The van der Waals surface area contributed by atoms with Gasteiger partial charge in [0.05, 0.1) is 29.0 Å². The molecule has 6 rings (SSSR count). The molecule has 0 spiro atoms. The predicted octanol–water partition coefficient (Wildman–Crippen LogP) is 6.89. The summed E-state index contributed by atoms with van der Waals surface area (Å²) in [6.07, 6.45) is -4.11. The number of halogens is 4. The van der Waals surface area contributed by atoms with Gasteiger partial charge in [-0.2, -0.15) is 13.2 Å². The highest BCUT2D eigenvalue weighted by molar-refractivity contribution is 14.1. The molecule has 59 heavy (non-hydrogen) atoms. The Hall–Kier alpha value is -4.24. The van der Waals surface area contributed by atoms with E-state index in [1.165, 1.54) is 6.07 Å². The third-order valence-electron chi connectivity index (χ3n) is 9.79. The number of aliphatic hydroxyl groups is 2. The van der Waals surface area contributed by atoms with Crippen molar-refractivity contribution in [2.75, 3.05) is 39.4 Å². The fourth-order valence-electron chi connectivity index (χ4n) is 6.72. The molecule has 14 nitrogen and oxygen atoms in total. The van der Waals surface area contributed by atoms with Crippen molar-refractivity contribution < 1.29 is 51.9 Å². The Morgan fingerprint density at radius 1 is 1.00 bits per heavy atom. The molecule has 0 unspecified atom stereocenters. The van der Waals surface area contributed by atoms with Crippen LogP contribution in [-0.4, -0.2) is 104 Å². The molecule has 2 aromatic carbocycles. The van der Waals surface area contributed by atoms with Gasteiger partial charge in [-0.3, -0.25) is 0 Å². The van der Waals surface area contributed by atoms with E-state index < -0.39 is 48.0 Å². The lowest BCUT2D eigenvalue weighted by molar-refractivity contribution is -0.184. The number of nitrogens with zero attached hydrogens (tertiary/aromatic N) is 5. The van der Waals surface area contributed by atoms with Gasteiger partial charge in [-0.05, 0) is 130 Å². The highest BCUT2D eigenvalue weighted by Crippen LogP contribution is 2.33. The van der Waals surface area contributed by atoms with E-state index in [1.807, 2.05) is 63.2 Å². The van der Waals surface area contributed by atoms with Crippen LogP contribution in [0.25, 0.3) is 0 Å². The first-order valence-electron chi connectivity index (χ1n) is 19.6. The number of likely N-dealkylation sites (tertiary alicyclic amines) is 1. The minimum atomic E-state index is -4.65. The smallest absolute Gasteiger partial charge is 0.433 e. The number of alkyl carbamates (subject to hydrolysis) is 1. The number of aliphatic hydroxyl groups excluding tert-OH is 2. The summed E-state index contributed by atoms with van der Waals surface area (Å²) in [5, 5.41) is 32.8. The molecule has 0 bridgehead atoms. The van der Waals surface area contributed by atoms with Crippen LogP contribution >= 0.6 is 22.6 Å². The third kappa shape index (κ3) is 12.9. The number of ether oxygens (including phenoxy) is 5. The first kappa shape index (κ1) is 44.3. The van der Waals surface area contributed by atoms with Crippen LogP contribution in [0.3, 0.4) is 0 Å². The molecule has 18 heteroatoms. The van der Waals surface area contributed by atoms with Gasteiger partial charge in [0, 0.05) is 25.7 Å². The number of carbonyl (C=O) groups excluding carboxylic acids is 1. The molecule has 2 fully saturated rings. The molecule has 2 saturated heterocycles. The monoisotopic (exact) mass is 938 g/mol. The van der Waals surface area contributed by atoms with E-state index in [0.29, 0.717) is 31.0 Å². The molecule has 0 aliphatic carbocycles. The van der Waals surface area contributed by atoms with Gasteiger partial charge < -0.3 is 44.1 Å². The lowest BCUT2D eigenvalue weighted by Crippen LogP contribution is -2.51. The van der Waals surface area contributed by atoms with Gasteiger partial charge in [-0.1, -0.05) is 17.3 Å². The minimum absolute atomic E-state index is 0.110. The van der Waals surface area contributed by atoms with Crippen molar-refractivity contribution in [2.45, 2.75) is 95.1 Å². The van der Waals surface area contributed by atoms with Crippen LogP contribution in [0.15, 0.2) is 66.9 Å². The first-order valence-corrected chi connectivity index (χ1v) is 20.7. The fourth-order valence-corrected chi connectivity index (χ4v) is 7.41. The number of carbonyl (C=O) groups is 1. The van der Waals surface area contributed by atoms with Crippen LogP contribution in [0.4, 0.5) is 18.0 Å². The Balaban J connectivity index is 0.857. The average Bonchev–Trinajstić information content (AvgIpc) is 3.68. The van der Waals surface area contributed by atoms with Crippen molar-refractivity contribution in [3.63, 3.8) is 0 Å². The standard InChI is InChI=1S/C41H50F3IN6O8/c1-40(2,3)59-39(54)46-18-15-26-9-14-32(30(45)23-26)57-29-12-10-28(11-13-29)55-22-5-4-19-50-20-16-27(17-21-50)51-24-31(48-49-51)38-37(53)36(52)33(25-56-38)58-35-8-6-7-34(47-35)41(42,43)44/h6-14,23-24,27,33,36-38,52-53H,4-5,15-22,25H2,1-3H3,(H,46,54)/t33-,36+,37+,38+/m0/s1. The van der Waals surface area contributed by atoms with Crippen molar-refractivity contribution in [2.24, 2.45) is 0 Å². The molecule has 2 aromatic heterocycles.